The molecule has 0 bridgehead atoms. The third kappa shape index (κ3) is 3.71. The highest BCUT2D eigenvalue weighted by molar-refractivity contribution is 5.94. The van der Waals surface area contributed by atoms with E-state index in [0.29, 0.717) is 17.9 Å². The number of hydrogen-bond acceptors (Lipinski definition) is 4. The Morgan fingerprint density at radius 3 is 2.87 bits per heavy atom. The lowest BCUT2D eigenvalue weighted by molar-refractivity contribution is 0.0951. The summed E-state index contributed by atoms with van der Waals surface area (Å²) in [7, 11) is 4.01. The van der Waals surface area contributed by atoms with E-state index in [4.69, 9.17) is 4.52 Å². The Balaban J connectivity index is 2.28. The molecule has 1 aromatic heterocycles. The lowest BCUT2D eigenvalue weighted by Crippen LogP contribution is -2.27. The van der Waals surface area contributed by atoms with Gasteiger partial charge in [0, 0.05) is 6.54 Å². The molecule has 0 fully saturated rings. The number of aryl methyl sites for hydroxylation is 1. The summed E-state index contributed by atoms with van der Waals surface area (Å²) >= 11 is 0. The van der Waals surface area contributed by atoms with Crippen molar-refractivity contribution in [3.05, 3.63) is 17.5 Å². The monoisotopic (exact) mass is 211 g/mol. The van der Waals surface area contributed by atoms with Gasteiger partial charge in [0.25, 0.3) is 5.91 Å². The molecule has 1 aromatic rings. The van der Waals surface area contributed by atoms with Crippen LogP contribution in [-0.2, 0) is 0 Å². The minimum atomic E-state index is -0.118. The molecule has 1 amide bonds. The molecule has 5 nitrogen and oxygen atoms in total. The Hall–Kier alpha value is -1.36. The molecule has 0 atom stereocenters. The van der Waals surface area contributed by atoms with Crippen molar-refractivity contribution in [3.8, 4) is 0 Å². The molecule has 0 unspecified atom stereocenters. The average molecular weight is 211 g/mol. The Morgan fingerprint density at radius 1 is 1.60 bits per heavy atom. The molecule has 15 heavy (non-hydrogen) atoms. The highest BCUT2D eigenvalue weighted by Gasteiger charge is 2.11. The van der Waals surface area contributed by atoms with Crippen LogP contribution in [0.4, 0.5) is 0 Å². The van der Waals surface area contributed by atoms with Crippen LogP contribution >= 0.6 is 0 Å². The Morgan fingerprint density at radius 2 is 2.33 bits per heavy atom. The summed E-state index contributed by atoms with van der Waals surface area (Å²) < 4.78 is 4.81. The van der Waals surface area contributed by atoms with Gasteiger partial charge in [0.05, 0.1) is 6.20 Å². The molecule has 0 saturated heterocycles. The quantitative estimate of drug-likeness (QED) is 0.727. The van der Waals surface area contributed by atoms with Crippen LogP contribution in [0.5, 0.6) is 0 Å². The number of rotatable bonds is 5. The minimum absolute atomic E-state index is 0.118. The van der Waals surface area contributed by atoms with Gasteiger partial charge in [-0.1, -0.05) is 5.16 Å². The molecule has 0 aromatic carbocycles. The molecule has 0 saturated carbocycles. The highest BCUT2D eigenvalue weighted by atomic mass is 16.5. The summed E-state index contributed by atoms with van der Waals surface area (Å²) in [6, 6.07) is 0. The van der Waals surface area contributed by atoms with Crippen LogP contribution < -0.4 is 5.32 Å². The van der Waals surface area contributed by atoms with Crippen molar-refractivity contribution in [1.82, 2.24) is 15.4 Å². The van der Waals surface area contributed by atoms with Gasteiger partial charge in [-0.15, -0.1) is 0 Å². The number of amides is 1. The van der Waals surface area contributed by atoms with E-state index in [1.807, 2.05) is 14.1 Å². The SMILES string of the molecule is Cc1oncc1C(=O)NCCCN(C)C. The second-order valence-electron chi connectivity index (χ2n) is 3.71. The van der Waals surface area contributed by atoms with Crippen molar-refractivity contribution < 1.29 is 9.32 Å². The van der Waals surface area contributed by atoms with E-state index in [-0.39, 0.29) is 5.91 Å². The molecule has 0 aliphatic rings. The first-order chi connectivity index (χ1) is 7.11. The fraction of sp³-hybridized carbons (Fsp3) is 0.600. The van der Waals surface area contributed by atoms with Gasteiger partial charge in [-0.3, -0.25) is 4.79 Å². The second-order valence-corrected chi connectivity index (χ2v) is 3.71. The number of carbonyl (C=O) groups excluding carboxylic acids is 1. The summed E-state index contributed by atoms with van der Waals surface area (Å²) in [5.41, 5.74) is 0.514. The van der Waals surface area contributed by atoms with Gasteiger partial charge >= 0.3 is 0 Å². The van der Waals surface area contributed by atoms with Gasteiger partial charge in [0.1, 0.15) is 11.3 Å². The maximum atomic E-state index is 11.5. The van der Waals surface area contributed by atoms with Crippen LogP contribution in [-0.4, -0.2) is 43.1 Å². The molecule has 1 N–H and O–H groups in total. The smallest absolute Gasteiger partial charge is 0.256 e. The molecule has 84 valence electrons. The van der Waals surface area contributed by atoms with Crippen LogP contribution in [0.15, 0.2) is 10.7 Å². The standard InChI is InChI=1S/C10H17N3O2/c1-8-9(7-12-15-8)10(14)11-5-4-6-13(2)3/h7H,4-6H2,1-3H3,(H,11,14). The number of nitrogens with one attached hydrogen (secondary N) is 1. The fourth-order valence-electron chi connectivity index (χ4n) is 1.21. The first-order valence-electron chi connectivity index (χ1n) is 4.95. The summed E-state index contributed by atoms with van der Waals surface area (Å²) in [6.45, 7) is 3.35. The molecule has 0 aliphatic heterocycles. The summed E-state index contributed by atoms with van der Waals surface area (Å²) in [5.74, 6) is 0.438. The van der Waals surface area contributed by atoms with E-state index in [1.165, 1.54) is 6.20 Å². The molecular weight excluding hydrogens is 194 g/mol. The van der Waals surface area contributed by atoms with E-state index in [2.05, 4.69) is 15.4 Å². The zero-order valence-electron chi connectivity index (χ0n) is 9.41. The fourth-order valence-corrected chi connectivity index (χ4v) is 1.21. The predicted octanol–water partition coefficient (Wildman–Crippen LogP) is 0.665. The molecule has 1 rings (SSSR count). The predicted molar refractivity (Wildman–Crippen MR) is 56.7 cm³/mol. The van der Waals surface area contributed by atoms with Gasteiger partial charge < -0.3 is 14.7 Å². The van der Waals surface area contributed by atoms with Crippen LogP contribution in [0.2, 0.25) is 0 Å². The Labute approximate surface area is 89.4 Å². The lowest BCUT2D eigenvalue weighted by Gasteiger charge is -2.09. The van der Waals surface area contributed by atoms with Crippen LogP contribution in [0.3, 0.4) is 0 Å². The molecule has 0 aliphatic carbocycles. The average Bonchev–Trinajstić information content (AvgIpc) is 2.58. The summed E-state index contributed by atoms with van der Waals surface area (Å²) in [4.78, 5) is 13.6. The van der Waals surface area contributed by atoms with Crippen molar-refractivity contribution in [1.29, 1.82) is 0 Å². The summed E-state index contributed by atoms with van der Waals surface area (Å²) in [6.07, 6.45) is 2.37. The van der Waals surface area contributed by atoms with Crippen molar-refractivity contribution in [3.63, 3.8) is 0 Å². The van der Waals surface area contributed by atoms with Crippen LogP contribution in [0, 0.1) is 6.92 Å². The molecule has 0 spiro atoms. The zero-order chi connectivity index (χ0) is 11.3. The normalized spacial score (nSPS) is 10.7. The first kappa shape index (κ1) is 11.7. The molecule has 0 radical (unpaired) electrons. The Kier molecular flexibility index (Phi) is 4.30. The van der Waals surface area contributed by atoms with Gasteiger partial charge in [-0.05, 0) is 34.0 Å². The minimum Gasteiger partial charge on any atom is -0.361 e. The lowest BCUT2D eigenvalue weighted by atomic mass is 10.2. The van der Waals surface area contributed by atoms with E-state index in [0.717, 1.165) is 13.0 Å². The number of carbonyl (C=O) groups is 1. The van der Waals surface area contributed by atoms with Crippen molar-refractivity contribution in [2.45, 2.75) is 13.3 Å². The molecule has 1 heterocycles. The van der Waals surface area contributed by atoms with Gasteiger partial charge in [0.15, 0.2) is 0 Å². The largest absolute Gasteiger partial charge is 0.361 e. The Bertz CT molecular complexity index is 320. The zero-order valence-corrected chi connectivity index (χ0v) is 9.41. The maximum Gasteiger partial charge on any atom is 0.256 e. The highest BCUT2D eigenvalue weighted by Crippen LogP contribution is 2.04. The molecular formula is C10H17N3O2. The number of aromatic nitrogens is 1. The van der Waals surface area contributed by atoms with Crippen molar-refractivity contribution in [2.24, 2.45) is 0 Å². The van der Waals surface area contributed by atoms with Crippen LogP contribution in [0.1, 0.15) is 22.5 Å². The van der Waals surface area contributed by atoms with E-state index in [9.17, 15) is 4.79 Å². The third-order valence-electron chi connectivity index (χ3n) is 2.06. The van der Waals surface area contributed by atoms with Crippen molar-refractivity contribution >= 4 is 5.91 Å². The van der Waals surface area contributed by atoms with Gasteiger partial charge in [-0.2, -0.15) is 0 Å². The van der Waals surface area contributed by atoms with Crippen LogP contribution in [0.25, 0.3) is 0 Å². The topological polar surface area (TPSA) is 58.4 Å². The second kappa shape index (κ2) is 5.50. The summed E-state index contributed by atoms with van der Waals surface area (Å²) in [5, 5.41) is 6.37. The van der Waals surface area contributed by atoms with E-state index in [1.54, 1.807) is 6.92 Å². The van der Waals surface area contributed by atoms with E-state index < -0.39 is 0 Å². The van der Waals surface area contributed by atoms with Gasteiger partial charge in [0.2, 0.25) is 0 Å². The first-order valence-corrected chi connectivity index (χ1v) is 4.95. The van der Waals surface area contributed by atoms with Gasteiger partial charge in [-0.25, -0.2) is 0 Å². The van der Waals surface area contributed by atoms with E-state index >= 15 is 0 Å². The third-order valence-corrected chi connectivity index (χ3v) is 2.06. The molecule has 5 heteroatoms. The van der Waals surface area contributed by atoms with Crippen molar-refractivity contribution in [2.75, 3.05) is 27.2 Å². The maximum absolute atomic E-state index is 11.5. The number of hydrogen-bond donors (Lipinski definition) is 1. The number of nitrogens with zero attached hydrogens (tertiary/aromatic N) is 2.